The lowest BCUT2D eigenvalue weighted by molar-refractivity contribution is -0.136. The minimum atomic E-state index is -0.863. The van der Waals surface area contributed by atoms with E-state index in [0.29, 0.717) is 5.16 Å². The van der Waals surface area contributed by atoms with E-state index < -0.39 is 11.2 Å². The monoisotopic (exact) mass is 249 g/mol. The molecule has 1 aromatic heterocycles. The maximum atomic E-state index is 10.8. The van der Waals surface area contributed by atoms with Crippen molar-refractivity contribution in [3.63, 3.8) is 0 Å². The lowest BCUT2D eigenvalue weighted by Gasteiger charge is -2.07. The second-order valence-corrected chi connectivity index (χ2v) is 4.70. The van der Waals surface area contributed by atoms with E-state index in [2.05, 4.69) is 10.1 Å². The zero-order chi connectivity index (χ0) is 12.3. The van der Waals surface area contributed by atoms with E-state index in [1.165, 1.54) is 18.1 Å². The predicted molar refractivity (Wildman–Crippen MR) is 64.3 cm³/mol. The summed E-state index contributed by atoms with van der Waals surface area (Å²) in [5, 5.41) is 13.0. The van der Waals surface area contributed by atoms with Crippen LogP contribution >= 0.6 is 11.8 Å². The van der Waals surface area contributed by atoms with E-state index in [1.54, 1.807) is 11.6 Å². The van der Waals surface area contributed by atoms with Crippen LogP contribution in [0, 0.1) is 0 Å². The number of carbonyl (C=O) groups is 1. The topological polar surface area (TPSA) is 68.0 Å². The first-order valence-corrected chi connectivity index (χ1v) is 5.91. The Morgan fingerprint density at radius 1 is 1.41 bits per heavy atom. The molecule has 0 fully saturated rings. The normalized spacial score (nSPS) is 12.3. The van der Waals surface area contributed by atoms with Gasteiger partial charge in [0.05, 0.1) is 5.69 Å². The van der Waals surface area contributed by atoms with E-state index in [1.807, 2.05) is 30.3 Å². The molecule has 1 aromatic carbocycles. The number of aliphatic carboxylic acids is 1. The molecule has 1 heterocycles. The van der Waals surface area contributed by atoms with Crippen molar-refractivity contribution < 1.29 is 9.90 Å². The van der Waals surface area contributed by atoms with Crippen LogP contribution in [-0.4, -0.2) is 31.1 Å². The number of para-hydroxylation sites is 1. The molecule has 0 aliphatic heterocycles. The minimum Gasteiger partial charge on any atom is -0.480 e. The van der Waals surface area contributed by atoms with E-state index in [-0.39, 0.29) is 0 Å². The Morgan fingerprint density at radius 2 is 2.12 bits per heavy atom. The predicted octanol–water partition coefficient (Wildman–Crippen LogP) is 1.83. The number of thioether (sulfide) groups is 1. The molecular formula is C11H11N3O2S. The molecule has 88 valence electrons. The van der Waals surface area contributed by atoms with Crippen LogP contribution in [0.1, 0.15) is 6.92 Å². The van der Waals surface area contributed by atoms with Gasteiger partial charge in [-0.3, -0.25) is 4.79 Å². The lowest BCUT2D eigenvalue weighted by atomic mass is 10.3. The molecule has 0 saturated carbocycles. The highest BCUT2D eigenvalue weighted by atomic mass is 32.2. The maximum absolute atomic E-state index is 10.8. The van der Waals surface area contributed by atoms with Crippen LogP contribution in [0.5, 0.6) is 0 Å². The van der Waals surface area contributed by atoms with Crippen LogP contribution in [0.15, 0.2) is 41.8 Å². The summed E-state index contributed by atoms with van der Waals surface area (Å²) in [6.07, 6.45) is 1.42. The molecule has 0 radical (unpaired) electrons. The Labute approximate surface area is 102 Å². The van der Waals surface area contributed by atoms with Crippen LogP contribution < -0.4 is 0 Å². The van der Waals surface area contributed by atoms with Crippen molar-refractivity contribution in [2.75, 3.05) is 0 Å². The van der Waals surface area contributed by atoms with Crippen molar-refractivity contribution in [1.29, 1.82) is 0 Å². The van der Waals surface area contributed by atoms with Crippen molar-refractivity contribution in [2.45, 2.75) is 17.3 Å². The summed E-state index contributed by atoms with van der Waals surface area (Å²) in [6.45, 7) is 1.62. The molecule has 6 heteroatoms. The summed E-state index contributed by atoms with van der Waals surface area (Å²) in [7, 11) is 0. The third-order valence-electron chi connectivity index (χ3n) is 2.15. The minimum absolute atomic E-state index is 0.554. The van der Waals surface area contributed by atoms with Crippen LogP contribution in [0.2, 0.25) is 0 Å². The third-order valence-corrected chi connectivity index (χ3v) is 3.19. The van der Waals surface area contributed by atoms with E-state index in [4.69, 9.17) is 5.11 Å². The van der Waals surface area contributed by atoms with Gasteiger partial charge in [-0.05, 0) is 19.1 Å². The van der Waals surface area contributed by atoms with Gasteiger partial charge in [0.25, 0.3) is 0 Å². The van der Waals surface area contributed by atoms with Gasteiger partial charge in [0.2, 0.25) is 0 Å². The highest BCUT2D eigenvalue weighted by molar-refractivity contribution is 8.00. The molecule has 0 unspecified atom stereocenters. The Bertz CT molecular complexity index is 512. The SMILES string of the molecule is C[C@@H](Sc1ncnn1-c1ccccc1)C(=O)O. The molecule has 0 aliphatic rings. The fourth-order valence-corrected chi connectivity index (χ4v) is 2.04. The van der Waals surface area contributed by atoms with Gasteiger partial charge in [0, 0.05) is 0 Å². The number of hydrogen-bond donors (Lipinski definition) is 1. The smallest absolute Gasteiger partial charge is 0.316 e. The Hall–Kier alpha value is -1.82. The number of carboxylic acids is 1. The van der Waals surface area contributed by atoms with Crippen molar-refractivity contribution >= 4 is 17.7 Å². The molecule has 1 atom stereocenters. The number of benzene rings is 1. The second kappa shape index (κ2) is 5.01. The molecule has 17 heavy (non-hydrogen) atoms. The highest BCUT2D eigenvalue weighted by Gasteiger charge is 2.16. The quantitative estimate of drug-likeness (QED) is 0.837. The molecule has 2 aromatic rings. The van der Waals surface area contributed by atoms with Crippen molar-refractivity contribution in [1.82, 2.24) is 14.8 Å². The molecule has 5 nitrogen and oxygen atoms in total. The first-order valence-electron chi connectivity index (χ1n) is 5.03. The summed E-state index contributed by atoms with van der Waals surface area (Å²) in [5.41, 5.74) is 0.866. The van der Waals surface area contributed by atoms with E-state index >= 15 is 0 Å². The average molecular weight is 249 g/mol. The molecular weight excluding hydrogens is 238 g/mol. The van der Waals surface area contributed by atoms with E-state index in [9.17, 15) is 4.79 Å². The molecule has 1 N–H and O–H groups in total. The molecule has 0 aliphatic carbocycles. The number of carboxylic acid groups (broad SMARTS) is 1. The molecule has 0 spiro atoms. The van der Waals surface area contributed by atoms with Gasteiger partial charge in [0.1, 0.15) is 11.6 Å². The van der Waals surface area contributed by atoms with Gasteiger partial charge in [-0.2, -0.15) is 5.10 Å². The van der Waals surface area contributed by atoms with Gasteiger partial charge < -0.3 is 5.11 Å². The fraction of sp³-hybridized carbons (Fsp3) is 0.182. The molecule has 0 saturated heterocycles. The maximum Gasteiger partial charge on any atom is 0.316 e. The first kappa shape index (κ1) is 11.7. The van der Waals surface area contributed by atoms with Crippen LogP contribution in [0.3, 0.4) is 0 Å². The molecule has 0 amide bonds. The van der Waals surface area contributed by atoms with Gasteiger partial charge in [-0.1, -0.05) is 30.0 Å². The van der Waals surface area contributed by atoms with Crippen molar-refractivity contribution in [3.05, 3.63) is 36.7 Å². The average Bonchev–Trinajstić information content (AvgIpc) is 2.78. The van der Waals surface area contributed by atoms with E-state index in [0.717, 1.165) is 5.69 Å². The summed E-state index contributed by atoms with van der Waals surface area (Å²) >= 11 is 1.17. The Morgan fingerprint density at radius 3 is 2.76 bits per heavy atom. The first-order chi connectivity index (χ1) is 8.18. The largest absolute Gasteiger partial charge is 0.480 e. The lowest BCUT2D eigenvalue weighted by Crippen LogP contribution is -2.12. The molecule has 2 rings (SSSR count). The highest BCUT2D eigenvalue weighted by Crippen LogP contribution is 2.23. The zero-order valence-electron chi connectivity index (χ0n) is 9.15. The third kappa shape index (κ3) is 2.65. The van der Waals surface area contributed by atoms with Gasteiger partial charge in [-0.25, -0.2) is 9.67 Å². The number of hydrogen-bond acceptors (Lipinski definition) is 4. The number of rotatable bonds is 4. The van der Waals surface area contributed by atoms with Crippen LogP contribution in [0.4, 0.5) is 0 Å². The summed E-state index contributed by atoms with van der Waals surface area (Å²) < 4.78 is 1.63. The Balaban J connectivity index is 2.26. The fourth-order valence-electron chi connectivity index (χ4n) is 1.27. The van der Waals surface area contributed by atoms with Crippen LogP contribution in [0.25, 0.3) is 5.69 Å². The van der Waals surface area contributed by atoms with Crippen molar-refractivity contribution in [2.24, 2.45) is 0 Å². The summed E-state index contributed by atoms with van der Waals surface area (Å²) in [4.78, 5) is 14.9. The van der Waals surface area contributed by atoms with Crippen LogP contribution in [-0.2, 0) is 4.79 Å². The van der Waals surface area contributed by atoms with Gasteiger partial charge >= 0.3 is 5.97 Å². The second-order valence-electron chi connectivity index (χ2n) is 3.39. The van der Waals surface area contributed by atoms with Crippen molar-refractivity contribution in [3.8, 4) is 5.69 Å². The Kier molecular flexibility index (Phi) is 3.43. The number of aromatic nitrogens is 3. The van der Waals surface area contributed by atoms with Gasteiger partial charge in [0.15, 0.2) is 5.16 Å². The summed E-state index contributed by atoms with van der Waals surface area (Å²) in [5.74, 6) is -0.863. The van der Waals surface area contributed by atoms with Gasteiger partial charge in [-0.15, -0.1) is 0 Å². The zero-order valence-corrected chi connectivity index (χ0v) is 9.96. The standard InChI is InChI=1S/C11H11N3O2S/c1-8(10(15)16)17-11-12-7-13-14(11)9-5-3-2-4-6-9/h2-8H,1H3,(H,15,16)/t8-/m1/s1. The summed E-state index contributed by atoms with van der Waals surface area (Å²) in [6, 6.07) is 9.49. The number of nitrogens with zero attached hydrogens (tertiary/aromatic N) is 3. The molecule has 0 bridgehead atoms.